The first-order chi connectivity index (χ1) is 5.72. The summed E-state index contributed by atoms with van der Waals surface area (Å²) in [6.07, 6.45) is 2.48. The van der Waals surface area contributed by atoms with E-state index in [1.165, 1.54) is 19.5 Å². The third-order valence-electron chi connectivity index (χ3n) is 1.03. The van der Waals surface area contributed by atoms with Gasteiger partial charge in [-0.1, -0.05) is 0 Å². The van der Waals surface area contributed by atoms with E-state index in [1.807, 2.05) is 0 Å². The summed E-state index contributed by atoms with van der Waals surface area (Å²) in [5.74, 6) is 0.386. The molecule has 0 bridgehead atoms. The van der Waals surface area contributed by atoms with Crippen molar-refractivity contribution >= 4 is 0 Å². The highest BCUT2D eigenvalue weighted by Crippen LogP contribution is 2.10. The van der Waals surface area contributed by atoms with Gasteiger partial charge in [-0.15, -0.1) is 0 Å². The number of ether oxygens (including phenoxy) is 2. The molecule has 0 saturated carbocycles. The van der Waals surface area contributed by atoms with E-state index >= 15 is 0 Å². The predicted molar refractivity (Wildman–Crippen MR) is 35.2 cm³/mol. The Balaban J connectivity index is 2.65. The van der Waals surface area contributed by atoms with Gasteiger partial charge in [0.15, 0.2) is 5.75 Å². The summed E-state index contributed by atoms with van der Waals surface area (Å²) in [6.45, 7) is -2.90. The lowest BCUT2D eigenvalue weighted by atomic mass is 10.6. The summed E-state index contributed by atoms with van der Waals surface area (Å²) in [5.41, 5.74) is 0. The van der Waals surface area contributed by atoms with Crippen molar-refractivity contribution in [2.24, 2.45) is 0 Å². The minimum absolute atomic E-state index is 0.370. The number of methoxy groups -OCH3 is 1. The van der Waals surface area contributed by atoms with Gasteiger partial charge in [0.05, 0.1) is 19.5 Å². The van der Waals surface area contributed by atoms with Crippen LogP contribution >= 0.6 is 0 Å². The molecule has 0 aliphatic carbocycles. The number of nitrogens with zero attached hydrogens (tertiary/aromatic N) is 2. The Labute approximate surface area is 67.2 Å². The molecule has 0 spiro atoms. The fraction of sp³-hybridized carbons (Fsp3) is 0.333. The first-order valence-electron chi connectivity index (χ1n) is 3.03. The molecule has 0 aliphatic heterocycles. The summed E-state index contributed by atoms with van der Waals surface area (Å²) < 4.78 is 31.7. The van der Waals surface area contributed by atoms with Crippen LogP contribution in [0.5, 0.6) is 11.8 Å². The first-order valence-corrected chi connectivity index (χ1v) is 3.03. The number of aromatic nitrogens is 2. The maximum Gasteiger partial charge on any atom is 0.389 e. The van der Waals surface area contributed by atoms with Crippen LogP contribution < -0.4 is 9.47 Å². The van der Waals surface area contributed by atoms with Crippen LogP contribution in [0.15, 0.2) is 12.4 Å². The topological polar surface area (TPSA) is 44.2 Å². The quantitative estimate of drug-likeness (QED) is 0.691. The molecule has 12 heavy (non-hydrogen) atoms. The number of hydrogen-bond donors (Lipinski definition) is 0. The number of alkyl halides is 2. The molecule has 0 aliphatic rings. The molecule has 0 atom stereocenters. The Kier molecular flexibility index (Phi) is 2.73. The monoisotopic (exact) mass is 176 g/mol. The molecule has 0 amide bonds. The van der Waals surface area contributed by atoms with Crippen molar-refractivity contribution in [1.82, 2.24) is 9.97 Å². The van der Waals surface area contributed by atoms with Crippen molar-refractivity contribution in [3.05, 3.63) is 12.4 Å². The summed E-state index contributed by atoms with van der Waals surface area (Å²) in [6, 6.07) is -0.370. The molecule has 1 aromatic rings. The third-order valence-corrected chi connectivity index (χ3v) is 1.03. The molecule has 0 N–H and O–H groups in total. The van der Waals surface area contributed by atoms with Gasteiger partial charge in [-0.05, 0) is 0 Å². The Morgan fingerprint density at radius 1 is 1.33 bits per heavy atom. The van der Waals surface area contributed by atoms with Crippen LogP contribution in [-0.4, -0.2) is 23.7 Å². The van der Waals surface area contributed by atoms with Crippen molar-refractivity contribution in [3.63, 3.8) is 0 Å². The van der Waals surface area contributed by atoms with Gasteiger partial charge in [0.25, 0.3) is 0 Å². The second-order valence-corrected chi connectivity index (χ2v) is 1.78. The van der Waals surface area contributed by atoms with Crippen molar-refractivity contribution in [2.45, 2.75) is 6.61 Å². The van der Waals surface area contributed by atoms with Gasteiger partial charge in [-0.25, -0.2) is 0 Å². The first kappa shape index (κ1) is 8.63. The number of halogens is 2. The van der Waals surface area contributed by atoms with Gasteiger partial charge in [0.1, 0.15) is 0 Å². The number of hydrogen-bond acceptors (Lipinski definition) is 4. The van der Waals surface area contributed by atoms with Crippen molar-refractivity contribution in [3.8, 4) is 11.8 Å². The SMILES string of the molecule is COc1cnc(OC(F)F)nc1. The normalized spacial score (nSPS) is 10.0. The largest absolute Gasteiger partial charge is 0.494 e. The molecule has 0 fully saturated rings. The van der Waals surface area contributed by atoms with E-state index < -0.39 is 6.61 Å². The Hall–Kier alpha value is -1.46. The summed E-state index contributed by atoms with van der Waals surface area (Å²) in [7, 11) is 1.42. The van der Waals surface area contributed by atoms with E-state index in [9.17, 15) is 8.78 Å². The van der Waals surface area contributed by atoms with Crippen LogP contribution in [0.25, 0.3) is 0 Å². The highest BCUT2D eigenvalue weighted by atomic mass is 19.3. The second-order valence-electron chi connectivity index (χ2n) is 1.78. The average Bonchev–Trinajstić information content (AvgIpc) is 2.05. The fourth-order valence-electron chi connectivity index (χ4n) is 0.550. The van der Waals surface area contributed by atoms with E-state index in [2.05, 4.69) is 14.7 Å². The Bertz CT molecular complexity index is 240. The lowest BCUT2D eigenvalue weighted by Crippen LogP contribution is -2.05. The zero-order chi connectivity index (χ0) is 8.97. The summed E-state index contributed by atoms with van der Waals surface area (Å²) in [4.78, 5) is 6.90. The van der Waals surface area contributed by atoms with E-state index in [0.29, 0.717) is 5.75 Å². The van der Waals surface area contributed by atoms with Gasteiger partial charge in [-0.2, -0.15) is 18.7 Å². The molecule has 0 radical (unpaired) electrons. The minimum Gasteiger partial charge on any atom is -0.494 e. The summed E-state index contributed by atoms with van der Waals surface area (Å²) >= 11 is 0. The summed E-state index contributed by atoms with van der Waals surface area (Å²) in [5, 5.41) is 0. The van der Waals surface area contributed by atoms with Crippen LogP contribution in [-0.2, 0) is 0 Å². The molecule has 0 saturated heterocycles. The average molecular weight is 176 g/mol. The van der Waals surface area contributed by atoms with E-state index in [-0.39, 0.29) is 6.01 Å². The van der Waals surface area contributed by atoms with Gasteiger partial charge >= 0.3 is 12.6 Å². The van der Waals surface area contributed by atoms with Gasteiger partial charge in [0.2, 0.25) is 0 Å². The molecule has 1 aromatic heterocycles. The van der Waals surface area contributed by atoms with Crippen LogP contribution in [0.4, 0.5) is 8.78 Å². The maximum atomic E-state index is 11.6. The van der Waals surface area contributed by atoms with Crippen molar-refractivity contribution in [1.29, 1.82) is 0 Å². The van der Waals surface area contributed by atoms with Crippen LogP contribution in [0.3, 0.4) is 0 Å². The van der Waals surface area contributed by atoms with Crippen molar-refractivity contribution in [2.75, 3.05) is 7.11 Å². The smallest absolute Gasteiger partial charge is 0.389 e. The lowest BCUT2D eigenvalue weighted by Gasteiger charge is -2.01. The third kappa shape index (κ3) is 2.30. The van der Waals surface area contributed by atoms with Crippen LogP contribution in [0.2, 0.25) is 0 Å². The van der Waals surface area contributed by atoms with E-state index in [1.54, 1.807) is 0 Å². The van der Waals surface area contributed by atoms with Crippen molar-refractivity contribution < 1.29 is 18.3 Å². The standard InChI is InChI=1S/C6H6F2N2O2/c1-11-4-2-9-6(10-3-4)12-5(7)8/h2-3,5H,1H3. The fourth-order valence-corrected chi connectivity index (χ4v) is 0.550. The minimum atomic E-state index is -2.90. The lowest BCUT2D eigenvalue weighted by molar-refractivity contribution is -0.0561. The highest BCUT2D eigenvalue weighted by molar-refractivity contribution is 5.13. The van der Waals surface area contributed by atoms with E-state index in [0.717, 1.165) is 0 Å². The zero-order valence-electron chi connectivity index (χ0n) is 6.20. The molecule has 0 unspecified atom stereocenters. The molecular weight excluding hydrogens is 170 g/mol. The molecule has 1 rings (SSSR count). The predicted octanol–water partition coefficient (Wildman–Crippen LogP) is 1.09. The molecule has 66 valence electrons. The van der Waals surface area contributed by atoms with Gasteiger partial charge in [-0.3, -0.25) is 0 Å². The van der Waals surface area contributed by atoms with Crippen LogP contribution in [0.1, 0.15) is 0 Å². The Morgan fingerprint density at radius 2 is 1.92 bits per heavy atom. The zero-order valence-corrected chi connectivity index (χ0v) is 6.20. The molecular formula is C6H6F2N2O2. The highest BCUT2D eigenvalue weighted by Gasteiger charge is 2.05. The molecule has 4 nitrogen and oxygen atoms in total. The van der Waals surface area contributed by atoms with E-state index in [4.69, 9.17) is 4.74 Å². The molecule has 1 heterocycles. The molecule has 6 heteroatoms. The number of rotatable bonds is 3. The second kappa shape index (κ2) is 3.80. The van der Waals surface area contributed by atoms with Gasteiger partial charge in [0, 0.05) is 0 Å². The maximum absolute atomic E-state index is 11.6. The Morgan fingerprint density at radius 3 is 2.33 bits per heavy atom. The molecule has 0 aromatic carbocycles. The van der Waals surface area contributed by atoms with Gasteiger partial charge < -0.3 is 9.47 Å². The van der Waals surface area contributed by atoms with Crippen LogP contribution in [0, 0.1) is 0 Å².